The number of allylic oxidation sites excluding steroid dienone is 3. The molecule has 0 unspecified atom stereocenters. The lowest BCUT2D eigenvalue weighted by molar-refractivity contribution is -0.137. The third-order valence-electron chi connectivity index (χ3n) is 1.50. The maximum absolute atomic E-state index is 10.9. The molecule has 0 aliphatic rings. The van der Waals surface area contributed by atoms with Crippen molar-refractivity contribution in [3.05, 3.63) is 36.5 Å². The van der Waals surface area contributed by atoms with E-state index in [2.05, 4.69) is 19.6 Å². The van der Waals surface area contributed by atoms with Crippen molar-refractivity contribution in [1.82, 2.24) is 0 Å². The fourth-order valence-corrected chi connectivity index (χ4v) is 0.723. The molecule has 0 saturated heterocycles. The Hall–Kier alpha value is -1.31. The van der Waals surface area contributed by atoms with E-state index in [0.717, 1.165) is 12.8 Å². The fourth-order valence-electron chi connectivity index (χ4n) is 0.723. The number of carbonyl (C=O) groups is 1. The molecule has 0 N–H and O–H groups in total. The standard InChI is InChI=1S/C12H18O2/c1-4-5-6-7-8-9-10-14-12(13)11(2)3/h6-9H,2,4-5,10H2,1,3H3/b7-6+,9-8+. The highest BCUT2D eigenvalue weighted by Gasteiger charge is 1.99. The summed E-state index contributed by atoms with van der Waals surface area (Å²) < 4.78 is 4.85. The zero-order chi connectivity index (χ0) is 10.8. The number of esters is 1. The number of unbranched alkanes of at least 4 members (excludes halogenated alkanes) is 1. The first-order valence-corrected chi connectivity index (χ1v) is 4.82. The Balaban J connectivity index is 3.53. The van der Waals surface area contributed by atoms with Gasteiger partial charge in [0, 0.05) is 5.57 Å². The Morgan fingerprint density at radius 1 is 1.36 bits per heavy atom. The summed E-state index contributed by atoms with van der Waals surface area (Å²) in [5.74, 6) is -0.341. The van der Waals surface area contributed by atoms with Crippen LogP contribution >= 0.6 is 0 Å². The van der Waals surface area contributed by atoms with Crippen molar-refractivity contribution in [1.29, 1.82) is 0 Å². The maximum Gasteiger partial charge on any atom is 0.333 e. The lowest BCUT2D eigenvalue weighted by Crippen LogP contribution is -2.04. The largest absolute Gasteiger partial charge is 0.458 e. The van der Waals surface area contributed by atoms with E-state index in [-0.39, 0.29) is 5.97 Å². The van der Waals surface area contributed by atoms with Crippen molar-refractivity contribution in [3.63, 3.8) is 0 Å². The van der Waals surface area contributed by atoms with E-state index in [1.807, 2.05) is 12.2 Å². The molecule has 0 spiro atoms. The minimum atomic E-state index is -0.341. The summed E-state index contributed by atoms with van der Waals surface area (Å²) >= 11 is 0. The van der Waals surface area contributed by atoms with E-state index in [0.29, 0.717) is 12.2 Å². The summed E-state index contributed by atoms with van der Waals surface area (Å²) in [7, 11) is 0. The SMILES string of the molecule is C=C(C)C(=O)OC/C=C/C=C/CCC. The quantitative estimate of drug-likeness (QED) is 0.369. The van der Waals surface area contributed by atoms with E-state index in [4.69, 9.17) is 4.74 Å². The molecule has 0 bridgehead atoms. The van der Waals surface area contributed by atoms with Gasteiger partial charge in [-0.15, -0.1) is 0 Å². The molecule has 78 valence electrons. The van der Waals surface area contributed by atoms with E-state index >= 15 is 0 Å². The molecule has 0 fully saturated rings. The highest BCUT2D eigenvalue weighted by molar-refractivity contribution is 5.86. The van der Waals surface area contributed by atoms with E-state index in [9.17, 15) is 4.79 Å². The van der Waals surface area contributed by atoms with E-state index in [1.165, 1.54) is 0 Å². The first-order valence-electron chi connectivity index (χ1n) is 4.82. The molecule has 0 aromatic carbocycles. The van der Waals surface area contributed by atoms with Gasteiger partial charge in [-0.3, -0.25) is 0 Å². The Kier molecular flexibility index (Phi) is 7.52. The summed E-state index contributed by atoms with van der Waals surface area (Å²) in [6.45, 7) is 7.55. The zero-order valence-corrected chi connectivity index (χ0v) is 8.95. The molecule has 2 heteroatoms. The van der Waals surface area contributed by atoms with Gasteiger partial charge in [-0.2, -0.15) is 0 Å². The van der Waals surface area contributed by atoms with Gasteiger partial charge in [-0.25, -0.2) is 4.79 Å². The van der Waals surface area contributed by atoms with Crippen molar-refractivity contribution in [2.75, 3.05) is 6.61 Å². The molecule has 0 atom stereocenters. The molecular formula is C12H18O2. The van der Waals surface area contributed by atoms with Crippen molar-refractivity contribution < 1.29 is 9.53 Å². The highest BCUT2D eigenvalue weighted by atomic mass is 16.5. The number of rotatable bonds is 6. The van der Waals surface area contributed by atoms with Gasteiger partial charge in [0.25, 0.3) is 0 Å². The van der Waals surface area contributed by atoms with Crippen LogP contribution in [-0.2, 0) is 9.53 Å². The molecule has 0 heterocycles. The van der Waals surface area contributed by atoms with Crippen molar-refractivity contribution in [3.8, 4) is 0 Å². The number of carbonyl (C=O) groups excluding carboxylic acids is 1. The molecule has 14 heavy (non-hydrogen) atoms. The average molecular weight is 194 g/mol. The Morgan fingerprint density at radius 3 is 2.57 bits per heavy atom. The molecular weight excluding hydrogens is 176 g/mol. The molecule has 0 saturated carbocycles. The first-order chi connectivity index (χ1) is 6.68. The van der Waals surface area contributed by atoms with Crippen LogP contribution in [0.4, 0.5) is 0 Å². The van der Waals surface area contributed by atoms with Crippen LogP contribution in [0.3, 0.4) is 0 Å². The van der Waals surface area contributed by atoms with Gasteiger partial charge in [0.2, 0.25) is 0 Å². The monoisotopic (exact) mass is 194 g/mol. The van der Waals surface area contributed by atoms with Gasteiger partial charge >= 0.3 is 5.97 Å². The van der Waals surface area contributed by atoms with E-state index in [1.54, 1.807) is 13.0 Å². The topological polar surface area (TPSA) is 26.3 Å². The van der Waals surface area contributed by atoms with Crippen LogP contribution in [0.5, 0.6) is 0 Å². The van der Waals surface area contributed by atoms with Crippen molar-refractivity contribution in [2.45, 2.75) is 26.7 Å². The summed E-state index contributed by atoms with van der Waals surface area (Å²) in [4.78, 5) is 10.9. The van der Waals surface area contributed by atoms with Gasteiger partial charge in [0.1, 0.15) is 6.61 Å². The Bertz CT molecular complexity index is 237. The van der Waals surface area contributed by atoms with E-state index < -0.39 is 0 Å². The minimum Gasteiger partial charge on any atom is -0.458 e. The number of hydrogen-bond acceptors (Lipinski definition) is 2. The average Bonchev–Trinajstić information content (AvgIpc) is 2.16. The maximum atomic E-state index is 10.9. The molecule has 0 rings (SSSR count). The minimum absolute atomic E-state index is 0.308. The van der Waals surface area contributed by atoms with Crippen LogP contribution in [0.25, 0.3) is 0 Å². The summed E-state index contributed by atoms with van der Waals surface area (Å²) in [5.41, 5.74) is 0.430. The van der Waals surface area contributed by atoms with Crippen LogP contribution < -0.4 is 0 Å². The second-order valence-electron chi connectivity index (χ2n) is 3.02. The molecule has 0 aliphatic carbocycles. The molecule has 0 aliphatic heterocycles. The summed E-state index contributed by atoms with van der Waals surface area (Å²) in [6.07, 6.45) is 9.94. The van der Waals surface area contributed by atoms with Gasteiger partial charge in [-0.1, -0.05) is 38.2 Å². The van der Waals surface area contributed by atoms with Crippen LogP contribution in [0.1, 0.15) is 26.7 Å². The van der Waals surface area contributed by atoms with Crippen LogP contribution in [0.15, 0.2) is 36.5 Å². The lowest BCUT2D eigenvalue weighted by Gasteiger charge is -1.98. The van der Waals surface area contributed by atoms with Gasteiger partial charge in [0.05, 0.1) is 0 Å². The zero-order valence-electron chi connectivity index (χ0n) is 8.95. The van der Waals surface area contributed by atoms with Crippen molar-refractivity contribution in [2.24, 2.45) is 0 Å². The molecule has 0 radical (unpaired) electrons. The number of ether oxygens (including phenoxy) is 1. The molecule has 2 nitrogen and oxygen atoms in total. The first kappa shape index (κ1) is 12.7. The summed E-state index contributed by atoms with van der Waals surface area (Å²) in [6, 6.07) is 0. The third kappa shape index (κ3) is 7.35. The second kappa shape index (κ2) is 8.30. The van der Waals surface area contributed by atoms with Gasteiger partial charge < -0.3 is 4.74 Å². The Morgan fingerprint density at radius 2 is 2.00 bits per heavy atom. The highest BCUT2D eigenvalue weighted by Crippen LogP contribution is 1.92. The van der Waals surface area contributed by atoms with Crippen LogP contribution in [-0.4, -0.2) is 12.6 Å². The van der Waals surface area contributed by atoms with Gasteiger partial charge in [-0.05, 0) is 19.4 Å². The number of hydrogen-bond donors (Lipinski definition) is 0. The second-order valence-corrected chi connectivity index (χ2v) is 3.02. The fraction of sp³-hybridized carbons (Fsp3) is 0.417. The smallest absolute Gasteiger partial charge is 0.333 e. The predicted molar refractivity (Wildman–Crippen MR) is 59.0 cm³/mol. The lowest BCUT2D eigenvalue weighted by atomic mass is 10.3. The normalized spacial score (nSPS) is 11.0. The van der Waals surface area contributed by atoms with Crippen molar-refractivity contribution >= 4 is 5.97 Å². The predicted octanol–water partition coefficient (Wildman–Crippen LogP) is 3.02. The summed E-state index contributed by atoms with van der Waals surface area (Å²) in [5, 5.41) is 0. The van der Waals surface area contributed by atoms with Gasteiger partial charge in [0.15, 0.2) is 0 Å². The third-order valence-corrected chi connectivity index (χ3v) is 1.50. The molecule has 0 amide bonds. The Labute approximate surface area is 86.0 Å². The van der Waals surface area contributed by atoms with Crippen LogP contribution in [0.2, 0.25) is 0 Å². The van der Waals surface area contributed by atoms with Crippen LogP contribution in [0, 0.1) is 0 Å². The molecule has 0 aromatic rings. The molecule has 0 aromatic heterocycles.